The van der Waals surface area contributed by atoms with Crippen LogP contribution >= 0.6 is 0 Å². The Morgan fingerprint density at radius 1 is 1.15 bits per heavy atom. The molecule has 0 aliphatic carbocycles. The Kier molecular flexibility index (Phi) is 3.46. The van der Waals surface area contributed by atoms with Crippen molar-refractivity contribution in [2.75, 3.05) is 18.8 Å². The molecule has 2 aromatic carbocycles. The molecule has 5 rings (SSSR count). The molecule has 0 saturated heterocycles. The number of allylic oxidation sites excluding steroid dienone is 1. The second-order valence-corrected chi connectivity index (χ2v) is 6.31. The van der Waals surface area contributed by atoms with Gasteiger partial charge in [0.2, 0.25) is 12.8 Å². The minimum atomic E-state index is -0.0650. The van der Waals surface area contributed by atoms with Crippen LogP contribution < -0.4 is 24.8 Å². The average molecular weight is 362 g/mol. The molecule has 7 heteroatoms. The summed E-state index contributed by atoms with van der Waals surface area (Å²) in [5.41, 5.74) is 9.12. The summed E-state index contributed by atoms with van der Waals surface area (Å²) >= 11 is 0. The predicted molar refractivity (Wildman–Crippen MR) is 101 cm³/mol. The number of anilines is 1. The molecule has 0 aromatic heterocycles. The summed E-state index contributed by atoms with van der Waals surface area (Å²) in [6, 6.07) is 13.6. The van der Waals surface area contributed by atoms with Crippen LogP contribution in [0.15, 0.2) is 71.6 Å². The van der Waals surface area contributed by atoms with E-state index >= 15 is 0 Å². The third kappa shape index (κ3) is 2.47. The quantitative estimate of drug-likeness (QED) is 0.905. The van der Waals surface area contributed by atoms with Gasteiger partial charge in [0.15, 0.2) is 11.5 Å². The lowest BCUT2D eigenvalue weighted by Crippen LogP contribution is -2.40. The highest BCUT2D eigenvalue weighted by Crippen LogP contribution is 2.40. The topological polar surface area (TPSA) is 72.5 Å². The smallest absolute Gasteiger partial charge is 0.231 e. The number of hydrazone groups is 1. The Bertz CT molecular complexity index is 998. The number of nitrogens with two attached hydrogens (primary N) is 1. The van der Waals surface area contributed by atoms with E-state index in [1.165, 1.54) is 0 Å². The molecule has 3 heterocycles. The van der Waals surface area contributed by atoms with Gasteiger partial charge < -0.3 is 19.9 Å². The lowest BCUT2D eigenvalue weighted by atomic mass is 10.1. The molecule has 2 N–H and O–H groups in total. The molecule has 7 nitrogen and oxygen atoms in total. The van der Waals surface area contributed by atoms with Crippen molar-refractivity contribution in [2.24, 2.45) is 10.8 Å². The van der Waals surface area contributed by atoms with Crippen LogP contribution in [-0.4, -0.2) is 24.9 Å². The first-order valence-corrected chi connectivity index (χ1v) is 8.60. The minimum Gasteiger partial charge on any atom is -0.496 e. The highest BCUT2D eigenvalue weighted by Gasteiger charge is 2.31. The maximum atomic E-state index is 6.28. The van der Waals surface area contributed by atoms with Crippen molar-refractivity contribution in [3.8, 4) is 17.2 Å². The molecule has 2 aromatic rings. The van der Waals surface area contributed by atoms with Crippen LogP contribution in [0.5, 0.6) is 17.2 Å². The van der Waals surface area contributed by atoms with E-state index in [2.05, 4.69) is 11.2 Å². The summed E-state index contributed by atoms with van der Waals surface area (Å²) in [5.74, 6) is 2.63. The van der Waals surface area contributed by atoms with Gasteiger partial charge in [-0.1, -0.05) is 24.3 Å². The zero-order valence-electron chi connectivity index (χ0n) is 14.7. The van der Waals surface area contributed by atoms with Gasteiger partial charge in [0, 0.05) is 17.8 Å². The second kappa shape index (κ2) is 5.98. The molecule has 3 aliphatic rings. The van der Waals surface area contributed by atoms with E-state index in [1.54, 1.807) is 7.11 Å². The highest BCUT2D eigenvalue weighted by atomic mass is 16.7. The summed E-state index contributed by atoms with van der Waals surface area (Å²) in [6.45, 7) is 0.237. The minimum absolute atomic E-state index is 0.0650. The van der Waals surface area contributed by atoms with Gasteiger partial charge in [-0.3, -0.25) is 4.90 Å². The molecule has 0 fully saturated rings. The Balaban J connectivity index is 1.48. The van der Waals surface area contributed by atoms with Crippen molar-refractivity contribution in [2.45, 2.75) is 6.04 Å². The third-order valence-electron chi connectivity index (χ3n) is 4.79. The van der Waals surface area contributed by atoms with E-state index in [4.69, 9.17) is 19.9 Å². The number of nitrogens with zero attached hydrogens (tertiary/aromatic N) is 3. The van der Waals surface area contributed by atoms with Crippen molar-refractivity contribution >= 4 is 11.6 Å². The van der Waals surface area contributed by atoms with Crippen molar-refractivity contribution in [3.63, 3.8) is 0 Å². The number of ether oxygens (including phenoxy) is 3. The Morgan fingerprint density at radius 2 is 2.00 bits per heavy atom. The number of hydrogen-bond donors (Lipinski definition) is 1. The highest BCUT2D eigenvalue weighted by molar-refractivity contribution is 5.97. The first-order chi connectivity index (χ1) is 13.2. The molecular formula is C20H18N4O3. The molecular weight excluding hydrogens is 344 g/mol. The number of hydrogen-bond acceptors (Lipinski definition) is 7. The van der Waals surface area contributed by atoms with Gasteiger partial charge in [0.1, 0.15) is 5.75 Å². The second-order valence-electron chi connectivity index (χ2n) is 6.31. The van der Waals surface area contributed by atoms with Crippen molar-refractivity contribution in [3.05, 3.63) is 72.1 Å². The van der Waals surface area contributed by atoms with E-state index in [0.717, 1.165) is 28.4 Å². The lowest BCUT2D eigenvalue weighted by Gasteiger charge is -2.32. The summed E-state index contributed by atoms with van der Waals surface area (Å²) in [5, 5.41) is 6.52. The molecule has 136 valence electrons. The fourth-order valence-electron chi connectivity index (χ4n) is 3.48. The summed E-state index contributed by atoms with van der Waals surface area (Å²) in [7, 11) is 1.67. The maximum absolute atomic E-state index is 6.28. The van der Waals surface area contributed by atoms with Crippen molar-refractivity contribution in [1.82, 2.24) is 5.01 Å². The van der Waals surface area contributed by atoms with Crippen molar-refractivity contribution in [1.29, 1.82) is 0 Å². The standard InChI is InChI=1S/C20H18N4O3/c1-25-17-5-3-2-4-15(17)16-8-6-14-11-23(20(21)22-24(14)16)13-7-9-18-19(10-13)27-12-26-18/h2-11,16H,12H2,1H3,(H2,21,22). The van der Waals surface area contributed by atoms with Gasteiger partial charge in [0.25, 0.3) is 0 Å². The van der Waals surface area contributed by atoms with E-state index < -0.39 is 0 Å². The summed E-state index contributed by atoms with van der Waals surface area (Å²) < 4.78 is 16.3. The molecule has 0 bridgehead atoms. The molecule has 0 radical (unpaired) electrons. The largest absolute Gasteiger partial charge is 0.496 e. The van der Waals surface area contributed by atoms with E-state index in [-0.39, 0.29) is 12.8 Å². The third-order valence-corrected chi connectivity index (χ3v) is 4.79. The monoisotopic (exact) mass is 362 g/mol. The molecule has 1 atom stereocenters. The predicted octanol–water partition coefficient (Wildman–Crippen LogP) is 2.93. The Labute approximate surface area is 156 Å². The van der Waals surface area contributed by atoms with Crippen LogP contribution in [-0.2, 0) is 0 Å². The van der Waals surface area contributed by atoms with Gasteiger partial charge in [0.05, 0.1) is 24.5 Å². The van der Waals surface area contributed by atoms with E-state index in [9.17, 15) is 0 Å². The van der Waals surface area contributed by atoms with Gasteiger partial charge in [-0.25, -0.2) is 5.01 Å². The zero-order valence-corrected chi connectivity index (χ0v) is 14.7. The number of para-hydroxylation sites is 1. The van der Waals surface area contributed by atoms with Gasteiger partial charge in [-0.05, 0) is 24.3 Å². The Hall–Kier alpha value is -3.61. The van der Waals surface area contributed by atoms with E-state index in [0.29, 0.717) is 11.7 Å². The van der Waals surface area contributed by atoms with Crippen LogP contribution in [0.1, 0.15) is 11.6 Å². The van der Waals surface area contributed by atoms with Crippen LogP contribution in [0.25, 0.3) is 0 Å². The number of rotatable bonds is 3. The zero-order chi connectivity index (χ0) is 18.4. The SMILES string of the molecule is COc1ccccc1C1C=CC2=CN(c3ccc4c(c3)OCO4)C(N)=NN21. The first-order valence-electron chi connectivity index (χ1n) is 8.60. The van der Waals surface area contributed by atoms with E-state index in [1.807, 2.05) is 64.6 Å². The normalized spacial score (nSPS) is 19.7. The Morgan fingerprint density at radius 3 is 2.89 bits per heavy atom. The summed E-state index contributed by atoms with van der Waals surface area (Å²) in [6.07, 6.45) is 6.09. The molecule has 0 amide bonds. The average Bonchev–Trinajstić information content (AvgIpc) is 3.33. The molecule has 0 saturated carbocycles. The van der Waals surface area contributed by atoms with Crippen LogP contribution in [0.3, 0.4) is 0 Å². The van der Waals surface area contributed by atoms with Gasteiger partial charge in [-0.2, -0.15) is 0 Å². The van der Waals surface area contributed by atoms with Gasteiger partial charge in [-0.15, -0.1) is 5.10 Å². The molecule has 3 aliphatic heterocycles. The lowest BCUT2D eigenvalue weighted by molar-refractivity contribution is 0.174. The molecule has 0 spiro atoms. The number of fused-ring (bicyclic) bond motifs is 2. The van der Waals surface area contributed by atoms with Crippen molar-refractivity contribution < 1.29 is 14.2 Å². The fraction of sp³-hybridized carbons (Fsp3) is 0.150. The van der Waals surface area contributed by atoms with Crippen LogP contribution in [0, 0.1) is 0 Å². The molecule has 1 unspecified atom stereocenters. The van der Waals surface area contributed by atoms with Crippen LogP contribution in [0.2, 0.25) is 0 Å². The maximum Gasteiger partial charge on any atom is 0.231 e. The van der Waals surface area contributed by atoms with Crippen LogP contribution in [0.4, 0.5) is 5.69 Å². The summed E-state index contributed by atoms with van der Waals surface area (Å²) in [4.78, 5) is 1.84. The first kappa shape index (κ1) is 15.6. The number of methoxy groups -OCH3 is 1. The van der Waals surface area contributed by atoms with Gasteiger partial charge >= 0.3 is 0 Å². The fourth-order valence-corrected chi connectivity index (χ4v) is 3.48. The number of guanidine groups is 1. The number of benzene rings is 2. The molecule has 27 heavy (non-hydrogen) atoms.